The largest absolute Gasteiger partial charge is 0.478 e. The Morgan fingerprint density at radius 1 is 1.11 bits per heavy atom. The van der Waals surface area contributed by atoms with Crippen LogP contribution in [-0.2, 0) is 0 Å². The molecular formula is C18H13Cl2N3O4. The van der Waals surface area contributed by atoms with Gasteiger partial charge in [-0.15, -0.1) is 12.4 Å². The minimum atomic E-state index is -1.06. The SMILES string of the molecule is Cl.O=C(O)c1ccc(Cl)c(-c2ccc(/C=N/NC(=O)c3ccncc3)o2)c1. The van der Waals surface area contributed by atoms with Crippen molar-refractivity contribution in [3.05, 3.63) is 76.8 Å². The van der Waals surface area contributed by atoms with Crippen LogP contribution in [-0.4, -0.2) is 28.2 Å². The molecule has 0 radical (unpaired) electrons. The summed E-state index contributed by atoms with van der Waals surface area (Å²) in [5.74, 6) is -0.686. The van der Waals surface area contributed by atoms with E-state index in [0.717, 1.165) is 0 Å². The number of aromatic carboxylic acids is 1. The van der Waals surface area contributed by atoms with Gasteiger partial charge in [-0.05, 0) is 42.5 Å². The Labute approximate surface area is 165 Å². The number of carboxylic acid groups (broad SMARTS) is 1. The topological polar surface area (TPSA) is 105 Å². The minimum absolute atomic E-state index is 0. The minimum Gasteiger partial charge on any atom is -0.478 e. The zero-order valence-electron chi connectivity index (χ0n) is 13.6. The van der Waals surface area contributed by atoms with E-state index in [1.807, 2.05) is 0 Å². The molecule has 2 N–H and O–H groups in total. The van der Waals surface area contributed by atoms with E-state index in [1.165, 1.54) is 36.8 Å². The van der Waals surface area contributed by atoms with Gasteiger partial charge in [-0.3, -0.25) is 9.78 Å². The predicted molar refractivity (Wildman–Crippen MR) is 103 cm³/mol. The van der Waals surface area contributed by atoms with Gasteiger partial charge in [-0.1, -0.05) is 11.6 Å². The summed E-state index contributed by atoms with van der Waals surface area (Å²) in [5, 5.41) is 13.3. The van der Waals surface area contributed by atoms with Crippen LogP contribution in [0.1, 0.15) is 26.5 Å². The highest BCUT2D eigenvalue weighted by atomic mass is 35.5. The molecule has 1 aromatic carbocycles. The molecule has 0 aliphatic heterocycles. The summed E-state index contributed by atoms with van der Waals surface area (Å²) in [6, 6.07) is 10.7. The lowest BCUT2D eigenvalue weighted by Crippen LogP contribution is -2.17. The molecule has 0 saturated carbocycles. The third kappa shape index (κ3) is 4.93. The highest BCUT2D eigenvalue weighted by Crippen LogP contribution is 2.30. The Hall–Kier alpha value is -3.16. The average molecular weight is 406 g/mol. The molecule has 7 nitrogen and oxygen atoms in total. The molecule has 3 aromatic rings. The molecule has 0 fully saturated rings. The maximum atomic E-state index is 11.9. The smallest absolute Gasteiger partial charge is 0.335 e. The van der Waals surface area contributed by atoms with E-state index >= 15 is 0 Å². The Kier molecular flexibility index (Phi) is 6.70. The van der Waals surface area contributed by atoms with Crippen molar-refractivity contribution in [1.29, 1.82) is 0 Å². The number of hydrogen-bond acceptors (Lipinski definition) is 5. The van der Waals surface area contributed by atoms with Crippen molar-refractivity contribution >= 4 is 42.1 Å². The number of benzene rings is 1. The molecule has 0 spiro atoms. The standard InChI is InChI=1S/C18H12ClN3O4.ClH/c19-15-3-1-12(18(24)25)9-14(15)16-4-2-13(26-16)10-21-22-17(23)11-5-7-20-8-6-11;/h1-10H,(H,22,23)(H,24,25);1H/b21-10+;. The van der Waals surface area contributed by atoms with Crippen LogP contribution in [0.4, 0.5) is 0 Å². The number of hydrogen-bond donors (Lipinski definition) is 2. The van der Waals surface area contributed by atoms with Crippen LogP contribution in [0.5, 0.6) is 0 Å². The summed E-state index contributed by atoms with van der Waals surface area (Å²) >= 11 is 6.11. The van der Waals surface area contributed by atoms with Crippen molar-refractivity contribution in [2.45, 2.75) is 0 Å². The van der Waals surface area contributed by atoms with Gasteiger partial charge in [0.05, 0.1) is 16.8 Å². The maximum absolute atomic E-state index is 11.9. The number of carbonyl (C=O) groups excluding carboxylic acids is 1. The van der Waals surface area contributed by atoms with E-state index in [-0.39, 0.29) is 23.9 Å². The van der Waals surface area contributed by atoms with Gasteiger partial charge in [-0.25, -0.2) is 10.2 Å². The lowest BCUT2D eigenvalue weighted by atomic mass is 10.1. The Balaban J connectivity index is 0.00000261. The van der Waals surface area contributed by atoms with Crippen LogP contribution >= 0.6 is 24.0 Å². The van der Waals surface area contributed by atoms with E-state index in [1.54, 1.807) is 24.3 Å². The average Bonchev–Trinajstić information content (AvgIpc) is 3.11. The molecule has 0 unspecified atom stereocenters. The molecule has 2 heterocycles. The second-order valence-electron chi connectivity index (χ2n) is 5.14. The number of aromatic nitrogens is 1. The van der Waals surface area contributed by atoms with Gasteiger partial charge in [0.15, 0.2) is 0 Å². The molecule has 27 heavy (non-hydrogen) atoms. The van der Waals surface area contributed by atoms with Gasteiger partial charge in [-0.2, -0.15) is 5.10 Å². The van der Waals surface area contributed by atoms with Gasteiger partial charge in [0.1, 0.15) is 11.5 Å². The second kappa shape index (κ2) is 8.98. The fourth-order valence-corrected chi connectivity index (χ4v) is 2.35. The van der Waals surface area contributed by atoms with Crippen LogP contribution in [0.25, 0.3) is 11.3 Å². The molecular weight excluding hydrogens is 393 g/mol. The first-order valence-corrected chi connectivity index (χ1v) is 7.79. The first-order chi connectivity index (χ1) is 12.5. The van der Waals surface area contributed by atoms with Crippen molar-refractivity contribution in [3.8, 4) is 11.3 Å². The van der Waals surface area contributed by atoms with Crippen LogP contribution in [0.3, 0.4) is 0 Å². The number of halogens is 2. The van der Waals surface area contributed by atoms with Gasteiger partial charge in [0, 0.05) is 23.5 Å². The molecule has 0 aliphatic rings. The van der Waals surface area contributed by atoms with Crippen molar-refractivity contribution in [3.63, 3.8) is 0 Å². The van der Waals surface area contributed by atoms with E-state index in [0.29, 0.717) is 27.7 Å². The summed E-state index contributed by atoms with van der Waals surface area (Å²) in [6.45, 7) is 0. The molecule has 0 aliphatic carbocycles. The summed E-state index contributed by atoms with van der Waals surface area (Å²) in [5.41, 5.74) is 3.35. The van der Waals surface area contributed by atoms with Crippen LogP contribution in [0.15, 0.2) is 64.4 Å². The van der Waals surface area contributed by atoms with Crippen molar-refractivity contribution in [1.82, 2.24) is 10.4 Å². The highest BCUT2D eigenvalue weighted by Gasteiger charge is 2.12. The molecule has 9 heteroatoms. The molecule has 138 valence electrons. The number of hydrazone groups is 1. The first-order valence-electron chi connectivity index (χ1n) is 7.41. The number of amides is 1. The monoisotopic (exact) mass is 405 g/mol. The fourth-order valence-electron chi connectivity index (χ4n) is 2.14. The zero-order valence-corrected chi connectivity index (χ0v) is 15.2. The van der Waals surface area contributed by atoms with Gasteiger partial charge >= 0.3 is 5.97 Å². The summed E-state index contributed by atoms with van der Waals surface area (Å²) in [6.07, 6.45) is 4.34. The Bertz CT molecular complexity index is 987. The maximum Gasteiger partial charge on any atom is 0.335 e. The highest BCUT2D eigenvalue weighted by molar-refractivity contribution is 6.33. The third-order valence-corrected chi connectivity index (χ3v) is 3.74. The number of carbonyl (C=O) groups is 2. The first kappa shape index (κ1) is 20.2. The lowest BCUT2D eigenvalue weighted by Gasteiger charge is -2.02. The zero-order chi connectivity index (χ0) is 18.5. The molecule has 0 saturated heterocycles. The van der Waals surface area contributed by atoms with Crippen LogP contribution in [0.2, 0.25) is 5.02 Å². The van der Waals surface area contributed by atoms with E-state index in [9.17, 15) is 9.59 Å². The number of rotatable bonds is 5. The summed E-state index contributed by atoms with van der Waals surface area (Å²) in [4.78, 5) is 26.8. The van der Waals surface area contributed by atoms with Crippen molar-refractivity contribution in [2.75, 3.05) is 0 Å². The predicted octanol–water partition coefficient (Wildman–Crippen LogP) is 3.88. The van der Waals surface area contributed by atoms with E-state index in [4.69, 9.17) is 21.1 Å². The number of furan rings is 1. The van der Waals surface area contributed by atoms with E-state index in [2.05, 4.69) is 15.5 Å². The van der Waals surface area contributed by atoms with Crippen LogP contribution < -0.4 is 5.43 Å². The number of nitrogens with one attached hydrogen (secondary N) is 1. The summed E-state index contributed by atoms with van der Waals surface area (Å²) in [7, 11) is 0. The Morgan fingerprint density at radius 2 is 1.85 bits per heavy atom. The molecule has 1 amide bonds. The normalized spacial score (nSPS) is 10.4. The number of carboxylic acids is 1. The lowest BCUT2D eigenvalue weighted by molar-refractivity contribution is 0.0696. The second-order valence-corrected chi connectivity index (χ2v) is 5.54. The third-order valence-electron chi connectivity index (χ3n) is 3.41. The van der Waals surface area contributed by atoms with Gasteiger partial charge in [0.25, 0.3) is 5.91 Å². The number of pyridine rings is 1. The van der Waals surface area contributed by atoms with Crippen molar-refractivity contribution < 1.29 is 19.1 Å². The van der Waals surface area contributed by atoms with E-state index < -0.39 is 5.97 Å². The fraction of sp³-hybridized carbons (Fsp3) is 0. The molecule has 3 rings (SSSR count). The molecule has 2 aromatic heterocycles. The van der Waals surface area contributed by atoms with Crippen LogP contribution in [0, 0.1) is 0 Å². The quantitative estimate of drug-likeness (QED) is 0.494. The number of nitrogens with zero attached hydrogens (tertiary/aromatic N) is 2. The van der Waals surface area contributed by atoms with Gasteiger partial charge < -0.3 is 9.52 Å². The summed E-state index contributed by atoms with van der Waals surface area (Å²) < 4.78 is 5.58. The Morgan fingerprint density at radius 3 is 2.56 bits per heavy atom. The van der Waals surface area contributed by atoms with Crippen molar-refractivity contribution in [2.24, 2.45) is 5.10 Å². The molecule has 0 atom stereocenters. The molecule has 0 bridgehead atoms. The van der Waals surface area contributed by atoms with Gasteiger partial charge in [0.2, 0.25) is 0 Å².